The Balaban J connectivity index is 2.18. The fraction of sp³-hybridized carbons (Fsp3) is 0.154. The van der Waals surface area contributed by atoms with E-state index in [1.807, 2.05) is 0 Å². The summed E-state index contributed by atoms with van der Waals surface area (Å²) in [5.74, 6) is -0.316. The van der Waals surface area contributed by atoms with Gasteiger partial charge in [-0.15, -0.1) is 11.3 Å². The summed E-state index contributed by atoms with van der Waals surface area (Å²) < 4.78 is 34.8. The number of anilines is 1. The summed E-state index contributed by atoms with van der Waals surface area (Å²) in [6.07, 6.45) is 0. The Morgan fingerprint density at radius 1 is 1.29 bits per heavy atom. The van der Waals surface area contributed by atoms with Crippen molar-refractivity contribution < 1.29 is 23.0 Å². The summed E-state index contributed by atoms with van der Waals surface area (Å²) >= 11 is 4.53. The fourth-order valence-electron chi connectivity index (χ4n) is 1.57. The van der Waals surface area contributed by atoms with Crippen LogP contribution in [0.2, 0.25) is 0 Å². The summed E-state index contributed by atoms with van der Waals surface area (Å²) in [4.78, 5) is 12.5. The maximum absolute atomic E-state index is 12.3. The molecule has 21 heavy (non-hydrogen) atoms. The smallest absolute Gasteiger partial charge is 0.387 e. The van der Waals surface area contributed by atoms with E-state index in [-0.39, 0.29) is 17.4 Å². The summed E-state index contributed by atoms with van der Waals surface area (Å²) in [5.41, 5.74) is 0.334. The van der Waals surface area contributed by atoms with Gasteiger partial charge in [-0.25, -0.2) is 0 Å². The molecule has 0 spiro atoms. The van der Waals surface area contributed by atoms with Gasteiger partial charge >= 0.3 is 6.61 Å². The van der Waals surface area contributed by atoms with E-state index in [0.29, 0.717) is 10.6 Å². The Morgan fingerprint density at radius 3 is 2.62 bits per heavy atom. The van der Waals surface area contributed by atoms with Crippen molar-refractivity contribution in [3.05, 3.63) is 39.0 Å². The Bertz CT molecular complexity index is 648. The summed E-state index contributed by atoms with van der Waals surface area (Å²) in [7, 11) is 1.34. The first-order valence-corrected chi connectivity index (χ1v) is 7.30. The number of hydrogen-bond acceptors (Lipinski definition) is 4. The number of carbonyl (C=O) groups excluding carboxylic acids is 1. The van der Waals surface area contributed by atoms with Gasteiger partial charge in [0.2, 0.25) is 0 Å². The maximum Gasteiger partial charge on any atom is 0.387 e. The Kier molecular flexibility index (Phi) is 5.13. The van der Waals surface area contributed by atoms with Crippen LogP contribution in [0, 0.1) is 0 Å². The normalized spacial score (nSPS) is 10.5. The first kappa shape index (κ1) is 15.7. The van der Waals surface area contributed by atoms with E-state index in [4.69, 9.17) is 4.74 Å². The predicted octanol–water partition coefficient (Wildman–Crippen LogP) is 4.37. The highest BCUT2D eigenvalue weighted by Crippen LogP contribution is 2.32. The number of ether oxygens (including phenoxy) is 2. The average Bonchev–Trinajstić information content (AvgIpc) is 2.85. The molecule has 0 aliphatic carbocycles. The SMILES string of the molecule is COc1ccc(NC(=O)c2ccc(Br)s2)cc1OC(F)F. The van der Waals surface area contributed by atoms with Gasteiger partial charge in [0.15, 0.2) is 11.5 Å². The van der Waals surface area contributed by atoms with E-state index in [1.165, 1.54) is 36.6 Å². The molecule has 0 fully saturated rings. The number of thiophene rings is 1. The number of benzene rings is 1. The molecule has 4 nitrogen and oxygen atoms in total. The largest absolute Gasteiger partial charge is 0.493 e. The van der Waals surface area contributed by atoms with Crippen LogP contribution in [0.1, 0.15) is 9.67 Å². The van der Waals surface area contributed by atoms with Crippen molar-refractivity contribution in [2.45, 2.75) is 6.61 Å². The van der Waals surface area contributed by atoms with Gasteiger partial charge in [0.05, 0.1) is 15.8 Å². The third-order valence-electron chi connectivity index (χ3n) is 2.43. The molecule has 0 aliphatic heterocycles. The number of nitrogens with one attached hydrogen (secondary N) is 1. The molecule has 8 heteroatoms. The molecular formula is C13H10BrF2NO3S. The van der Waals surface area contributed by atoms with Crippen molar-refractivity contribution in [3.8, 4) is 11.5 Å². The van der Waals surface area contributed by atoms with Gasteiger partial charge in [-0.05, 0) is 40.2 Å². The van der Waals surface area contributed by atoms with Crippen LogP contribution in [0.15, 0.2) is 34.1 Å². The van der Waals surface area contributed by atoms with Gasteiger partial charge in [-0.3, -0.25) is 4.79 Å². The highest BCUT2D eigenvalue weighted by atomic mass is 79.9. The average molecular weight is 378 g/mol. The standard InChI is InChI=1S/C13H10BrF2NO3S/c1-19-8-3-2-7(6-9(8)20-13(15)16)17-12(18)10-4-5-11(14)21-10/h2-6,13H,1H3,(H,17,18). The van der Waals surface area contributed by atoms with Gasteiger partial charge < -0.3 is 14.8 Å². The number of carbonyl (C=O) groups is 1. The highest BCUT2D eigenvalue weighted by Gasteiger charge is 2.14. The lowest BCUT2D eigenvalue weighted by atomic mass is 10.2. The molecule has 0 saturated carbocycles. The summed E-state index contributed by atoms with van der Waals surface area (Å²) in [6.45, 7) is -2.97. The molecule has 1 aromatic carbocycles. The van der Waals surface area contributed by atoms with E-state index in [1.54, 1.807) is 12.1 Å². The second-order valence-electron chi connectivity index (χ2n) is 3.80. The summed E-state index contributed by atoms with van der Waals surface area (Å²) in [6, 6.07) is 7.67. The molecule has 112 valence electrons. The Labute approximate surface area is 131 Å². The lowest BCUT2D eigenvalue weighted by Crippen LogP contribution is -2.11. The molecule has 2 rings (SSSR count). The van der Waals surface area contributed by atoms with Gasteiger partial charge in [0.25, 0.3) is 5.91 Å². The topological polar surface area (TPSA) is 47.6 Å². The van der Waals surface area contributed by atoms with Crippen LogP contribution in [0.3, 0.4) is 0 Å². The van der Waals surface area contributed by atoms with Crippen LogP contribution < -0.4 is 14.8 Å². The van der Waals surface area contributed by atoms with E-state index in [9.17, 15) is 13.6 Å². The number of halogens is 3. The van der Waals surface area contributed by atoms with Gasteiger partial charge in [0, 0.05) is 11.8 Å². The van der Waals surface area contributed by atoms with Gasteiger partial charge in [-0.1, -0.05) is 0 Å². The molecule has 1 amide bonds. The third kappa shape index (κ3) is 4.15. The lowest BCUT2D eigenvalue weighted by Gasteiger charge is -2.11. The van der Waals surface area contributed by atoms with Crippen LogP contribution in [-0.2, 0) is 0 Å². The minimum atomic E-state index is -2.97. The highest BCUT2D eigenvalue weighted by molar-refractivity contribution is 9.11. The van der Waals surface area contributed by atoms with E-state index >= 15 is 0 Å². The van der Waals surface area contributed by atoms with Crippen LogP contribution in [0.5, 0.6) is 11.5 Å². The van der Waals surface area contributed by atoms with Gasteiger partial charge in [-0.2, -0.15) is 8.78 Å². The quantitative estimate of drug-likeness (QED) is 0.841. The van der Waals surface area contributed by atoms with Crippen molar-refractivity contribution in [2.75, 3.05) is 12.4 Å². The number of hydrogen-bond donors (Lipinski definition) is 1. The Morgan fingerprint density at radius 2 is 2.05 bits per heavy atom. The van der Waals surface area contributed by atoms with Crippen molar-refractivity contribution in [3.63, 3.8) is 0 Å². The van der Waals surface area contributed by atoms with Crippen LogP contribution in [-0.4, -0.2) is 19.6 Å². The number of amides is 1. The zero-order valence-corrected chi connectivity index (χ0v) is 13.1. The fourth-order valence-corrected chi connectivity index (χ4v) is 2.85. The molecule has 0 aliphatic rings. The second kappa shape index (κ2) is 6.86. The molecule has 1 aromatic heterocycles. The third-order valence-corrected chi connectivity index (χ3v) is 4.06. The van der Waals surface area contributed by atoms with E-state index in [2.05, 4.69) is 26.0 Å². The monoisotopic (exact) mass is 377 g/mol. The summed E-state index contributed by atoms with van der Waals surface area (Å²) in [5, 5.41) is 2.61. The minimum Gasteiger partial charge on any atom is -0.493 e. The zero-order valence-electron chi connectivity index (χ0n) is 10.7. The maximum atomic E-state index is 12.3. The zero-order chi connectivity index (χ0) is 15.4. The molecule has 0 unspecified atom stereocenters. The number of rotatable bonds is 5. The van der Waals surface area contributed by atoms with Crippen LogP contribution >= 0.6 is 27.3 Å². The van der Waals surface area contributed by atoms with Crippen molar-refractivity contribution in [1.82, 2.24) is 0 Å². The number of methoxy groups -OCH3 is 1. The molecule has 1 heterocycles. The van der Waals surface area contributed by atoms with Crippen LogP contribution in [0.25, 0.3) is 0 Å². The molecular weight excluding hydrogens is 368 g/mol. The first-order valence-electron chi connectivity index (χ1n) is 5.69. The van der Waals surface area contributed by atoms with Crippen molar-refractivity contribution in [2.24, 2.45) is 0 Å². The van der Waals surface area contributed by atoms with E-state index in [0.717, 1.165) is 3.79 Å². The second-order valence-corrected chi connectivity index (χ2v) is 6.27. The molecule has 1 N–H and O–H groups in total. The Hall–Kier alpha value is -1.67. The van der Waals surface area contributed by atoms with Crippen molar-refractivity contribution in [1.29, 1.82) is 0 Å². The van der Waals surface area contributed by atoms with Crippen LogP contribution in [0.4, 0.5) is 14.5 Å². The molecule has 0 saturated heterocycles. The molecule has 2 aromatic rings. The van der Waals surface area contributed by atoms with Gasteiger partial charge in [0.1, 0.15) is 0 Å². The molecule has 0 atom stereocenters. The predicted molar refractivity (Wildman–Crippen MR) is 79.6 cm³/mol. The molecule has 0 radical (unpaired) electrons. The lowest BCUT2D eigenvalue weighted by molar-refractivity contribution is -0.0511. The van der Waals surface area contributed by atoms with Crippen molar-refractivity contribution >= 4 is 38.9 Å². The van der Waals surface area contributed by atoms with E-state index < -0.39 is 6.61 Å². The minimum absolute atomic E-state index is 0.141. The number of alkyl halides is 2. The molecule has 0 bridgehead atoms. The first-order chi connectivity index (χ1) is 9.99.